The second kappa shape index (κ2) is 7.77. The van der Waals surface area contributed by atoms with Gasteiger partial charge in [0.2, 0.25) is 0 Å². The SMILES string of the molecule is CNCc1cccc(OCc2ccccc2F)c1.Cl. The lowest BCUT2D eigenvalue weighted by Crippen LogP contribution is -2.05. The number of benzene rings is 2. The van der Waals surface area contributed by atoms with E-state index in [0.717, 1.165) is 17.9 Å². The highest BCUT2D eigenvalue weighted by Crippen LogP contribution is 2.16. The second-order valence-corrected chi connectivity index (χ2v) is 4.06. The largest absolute Gasteiger partial charge is 0.489 e. The normalized spacial score (nSPS) is 9.79. The average Bonchev–Trinajstić information content (AvgIpc) is 2.39. The molecule has 0 amide bonds. The summed E-state index contributed by atoms with van der Waals surface area (Å²) in [6.45, 7) is 1.03. The molecule has 4 heteroatoms. The number of ether oxygens (including phenoxy) is 1. The number of rotatable bonds is 5. The summed E-state index contributed by atoms with van der Waals surface area (Å²) >= 11 is 0. The molecule has 0 saturated heterocycles. The topological polar surface area (TPSA) is 21.3 Å². The molecular formula is C15H17ClFNO. The van der Waals surface area contributed by atoms with Crippen LogP contribution >= 0.6 is 12.4 Å². The minimum absolute atomic E-state index is 0. The standard InChI is InChI=1S/C15H16FNO.ClH/c1-17-10-12-5-4-7-14(9-12)18-11-13-6-2-3-8-15(13)16;/h2-9,17H,10-11H2,1H3;1H. The van der Waals surface area contributed by atoms with Gasteiger partial charge in [-0.15, -0.1) is 12.4 Å². The first-order valence-electron chi connectivity index (χ1n) is 5.89. The van der Waals surface area contributed by atoms with E-state index in [4.69, 9.17) is 4.74 Å². The molecule has 2 rings (SSSR count). The van der Waals surface area contributed by atoms with E-state index in [2.05, 4.69) is 5.32 Å². The van der Waals surface area contributed by atoms with Crippen molar-refractivity contribution in [1.29, 1.82) is 0 Å². The zero-order valence-electron chi connectivity index (χ0n) is 10.7. The van der Waals surface area contributed by atoms with E-state index in [1.807, 2.05) is 31.3 Å². The van der Waals surface area contributed by atoms with Crippen molar-refractivity contribution in [3.05, 3.63) is 65.5 Å². The first kappa shape index (κ1) is 15.5. The van der Waals surface area contributed by atoms with Crippen LogP contribution in [0.1, 0.15) is 11.1 Å². The van der Waals surface area contributed by atoms with Crippen LogP contribution in [0.5, 0.6) is 5.75 Å². The van der Waals surface area contributed by atoms with Crippen LogP contribution in [0.25, 0.3) is 0 Å². The maximum Gasteiger partial charge on any atom is 0.129 e. The molecule has 0 aromatic heterocycles. The summed E-state index contributed by atoms with van der Waals surface area (Å²) in [6, 6.07) is 14.4. The van der Waals surface area contributed by atoms with Gasteiger partial charge in [0.15, 0.2) is 0 Å². The minimum Gasteiger partial charge on any atom is -0.489 e. The van der Waals surface area contributed by atoms with Crippen LogP contribution in [0.4, 0.5) is 4.39 Å². The summed E-state index contributed by atoms with van der Waals surface area (Å²) in [7, 11) is 1.90. The Morgan fingerprint density at radius 3 is 2.63 bits per heavy atom. The molecule has 102 valence electrons. The molecule has 0 spiro atoms. The highest BCUT2D eigenvalue weighted by atomic mass is 35.5. The summed E-state index contributed by atoms with van der Waals surface area (Å²) in [6.07, 6.45) is 0. The van der Waals surface area contributed by atoms with Gasteiger partial charge in [-0.25, -0.2) is 4.39 Å². The predicted molar refractivity (Wildman–Crippen MR) is 77.2 cm³/mol. The van der Waals surface area contributed by atoms with Gasteiger partial charge in [-0.05, 0) is 30.8 Å². The Morgan fingerprint density at radius 2 is 1.89 bits per heavy atom. The van der Waals surface area contributed by atoms with Gasteiger partial charge in [-0.1, -0.05) is 30.3 Å². The Labute approximate surface area is 119 Å². The minimum atomic E-state index is -0.233. The zero-order valence-corrected chi connectivity index (χ0v) is 11.5. The van der Waals surface area contributed by atoms with Crippen molar-refractivity contribution in [2.24, 2.45) is 0 Å². The van der Waals surface area contributed by atoms with Gasteiger partial charge in [0.1, 0.15) is 18.2 Å². The summed E-state index contributed by atoms with van der Waals surface area (Å²) in [5.74, 6) is 0.523. The quantitative estimate of drug-likeness (QED) is 0.905. The maximum absolute atomic E-state index is 13.4. The van der Waals surface area contributed by atoms with Crippen molar-refractivity contribution in [1.82, 2.24) is 5.32 Å². The number of hydrogen-bond acceptors (Lipinski definition) is 2. The lowest BCUT2D eigenvalue weighted by atomic mass is 10.2. The van der Waals surface area contributed by atoms with Gasteiger partial charge < -0.3 is 10.1 Å². The number of hydrogen-bond donors (Lipinski definition) is 1. The fraction of sp³-hybridized carbons (Fsp3) is 0.200. The number of halogens is 2. The molecule has 2 aromatic rings. The third-order valence-corrected chi connectivity index (χ3v) is 2.63. The highest BCUT2D eigenvalue weighted by Gasteiger charge is 2.02. The van der Waals surface area contributed by atoms with E-state index in [1.54, 1.807) is 18.2 Å². The second-order valence-electron chi connectivity index (χ2n) is 4.06. The molecule has 1 N–H and O–H groups in total. The molecule has 0 unspecified atom stereocenters. The highest BCUT2D eigenvalue weighted by molar-refractivity contribution is 5.85. The molecule has 0 atom stereocenters. The van der Waals surface area contributed by atoms with Crippen molar-refractivity contribution < 1.29 is 9.13 Å². The molecule has 0 bridgehead atoms. The van der Waals surface area contributed by atoms with Crippen molar-refractivity contribution in [2.75, 3.05) is 7.05 Å². The third kappa shape index (κ3) is 4.54. The van der Waals surface area contributed by atoms with E-state index in [1.165, 1.54) is 6.07 Å². The Morgan fingerprint density at radius 1 is 1.11 bits per heavy atom. The van der Waals surface area contributed by atoms with Crippen LogP contribution in [0.2, 0.25) is 0 Å². The van der Waals surface area contributed by atoms with Crippen molar-refractivity contribution in [3.63, 3.8) is 0 Å². The van der Waals surface area contributed by atoms with E-state index >= 15 is 0 Å². The molecule has 0 fully saturated rings. The zero-order chi connectivity index (χ0) is 12.8. The molecule has 0 radical (unpaired) electrons. The van der Waals surface area contributed by atoms with Crippen LogP contribution in [0, 0.1) is 5.82 Å². The molecule has 0 heterocycles. The van der Waals surface area contributed by atoms with Gasteiger partial charge in [0, 0.05) is 12.1 Å². The van der Waals surface area contributed by atoms with Gasteiger partial charge >= 0.3 is 0 Å². The van der Waals surface area contributed by atoms with Crippen molar-refractivity contribution in [2.45, 2.75) is 13.2 Å². The van der Waals surface area contributed by atoms with Gasteiger partial charge in [0.05, 0.1) is 0 Å². The molecule has 0 aliphatic rings. The third-order valence-electron chi connectivity index (χ3n) is 2.63. The van der Waals surface area contributed by atoms with Crippen LogP contribution in [-0.2, 0) is 13.2 Å². The van der Waals surface area contributed by atoms with E-state index in [0.29, 0.717) is 5.56 Å². The Kier molecular flexibility index (Phi) is 6.33. The summed E-state index contributed by atoms with van der Waals surface area (Å²) in [5.41, 5.74) is 1.71. The monoisotopic (exact) mass is 281 g/mol. The number of nitrogens with one attached hydrogen (secondary N) is 1. The van der Waals surface area contributed by atoms with Crippen LogP contribution in [0.3, 0.4) is 0 Å². The molecule has 0 aliphatic carbocycles. The molecule has 19 heavy (non-hydrogen) atoms. The van der Waals surface area contributed by atoms with Crippen molar-refractivity contribution >= 4 is 12.4 Å². The Balaban J connectivity index is 0.00000180. The fourth-order valence-electron chi connectivity index (χ4n) is 1.73. The molecule has 2 nitrogen and oxygen atoms in total. The van der Waals surface area contributed by atoms with Crippen LogP contribution < -0.4 is 10.1 Å². The molecule has 2 aromatic carbocycles. The first-order chi connectivity index (χ1) is 8.79. The lowest BCUT2D eigenvalue weighted by molar-refractivity contribution is 0.299. The predicted octanol–water partition coefficient (Wildman–Crippen LogP) is 3.55. The van der Waals surface area contributed by atoms with Crippen LogP contribution in [-0.4, -0.2) is 7.05 Å². The molecule has 0 saturated carbocycles. The van der Waals surface area contributed by atoms with Crippen LogP contribution in [0.15, 0.2) is 48.5 Å². The first-order valence-corrected chi connectivity index (χ1v) is 5.89. The Bertz CT molecular complexity index is 519. The Hall–Kier alpha value is -1.58. The van der Waals surface area contributed by atoms with Crippen molar-refractivity contribution in [3.8, 4) is 5.75 Å². The smallest absolute Gasteiger partial charge is 0.129 e. The summed E-state index contributed by atoms with van der Waals surface area (Å²) < 4.78 is 19.0. The van der Waals surface area contributed by atoms with E-state index in [9.17, 15) is 4.39 Å². The van der Waals surface area contributed by atoms with E-state index in [-0.39, 0.29) is 24.8 Å². The van der Waals surface area contributed by atoms with Gasteiger partial charge in [-0.2, -0.15) is 0 Å². The molecular weight excluding hydrogens is 265 g/mol. The lowest BCUT2D eigenvalue weighted by Gasteiger charge is -2.08. The summed E-state index contributed by atoms with van der Waals surface area (Å²) in [4.78, 5) is 0. The maximum atomic E-state index is 13.4. The molecule has 0 aliphatic heterocycles. The fourth-order valence-corrected chi connectivity index (χ4v) is 1.73. The van der Waals surface area contributed by atoms with Gasteiger partial charge in [0.25, 0.3) is 0 Å². The summed E-state index contributed by atoms with van der Waals surface area (Å²) in [5, 5.41) is 3.08. The average molecular weight is 282 g/mol. The van der Waals surface area contributed by atoms with Gasteiger partial charge in [-0.3, -0.25) is 0 Å². The van der Waals surface area contributed by atoms with E-state index < -0.39 is 0 Å².